The third kappa shape index (κ3) is 14.4. The van der Waals surface area contributed by atoms with Gasteiger partial charge in [-0.1, -0.05) is 228 Å². The second-order valence-corrected chi connectivity index (χ2v) is 20.9. The average Bonchev–Trinajstić information content (AvgIpc) is 4.00. The first-order valence-corrected chi connectivity index (χ1v) is 23.6. The van der Waals surface area contributed by atoms with Gasteiger partial charge in [-0.15, -0.1) is 0 Å². The Morgan fingerprint density at radius 3 is 0.859 bits per heavy atom. The van der Waals surface area contributed by atoms with Crippen LogP contribution < -0.4 is 10.2 Å². The van der Waals surface area contributed by atoms with Crippen molar-refractivity contribution >= 4 is 0 Å². The molecule has 0 aliphatic rings. The van der Waals surface area contributed by atoms with Crippen molar-refractivity contribution in [2.75, 3.05) is 21.3 Å². The van der Waals surface area contributed by atoms with E-state index in [4.69, 9.17) is 25.3 Å². The zero-order valence-electron chi connectivity index (χ0n) is 44.2. The number of nitrogens with zero attached hydrogens (tertiary/aromatic N) is 2. The molecule has 6 aromatic carbocycles. The molecule has 1 radical (unpaired) electrons. The second-order valence-electron chi connectivity index (χ2n) is 20.9. The van der Waals surface area contributed by atoms with Gasteiger partial charge >= 0.3 is 17.1 Å². The fourth-order valence-corrected chi connectivity index (χ4v) is 7.83. The maximum atomic E-state index is 13.6. The van der Waals surface area contributed by atoms with E-state index >= 15 is 0 Å². The quantitative estimate of drug-likeness (QED) is 0.103. The van der Waals surface area contributed by atoms with Crippen LogP contribution in [0.2, 0.25) is 0 Å². The molecule has 2 aromatic heterocycles. The Morgan fingerprint density at radius 2 is 0.620 bits per heavy atom. The molecule has 0 aliphatic carbocycles. The number of aliphatic hydroxyl groups excluding tert-OH is 3. The number of aromatic amines is 2. The molecule has 0 unspecified atom stereocenters. The summed E-state index contributed by atoms with van der Waals surface area (Å²) >= 11 is 0. The van der Waals surface area contributed by atoms with Crippen molar-refractivity contribution in [1.82, 2.24) is 19.9 Å². The normalized spacial score (nSPS) is 11.2. The first kappa shape index (κ1) is 59.1. The first-order chi connectivity index (χ1) is 33.1. The van der Waals surface area contributed by atoms with Gasteiger partial charge in [0.15, 0.2) is 0 Å². The number of aliphatic hydroxyl groups is 3. The smallest absolute Gasteiger partial charge is 0.872 e. The van der Waals surface area contributed by atoms with Crippen molar-refractivity contribution in [3.05, 3.63) is 168 Å². The second kappa shape index (κ2) is 25.2. The Morgan fingerprint density at radius 1 is 0.366 bits per heavy atom. The molecule has 0 spiro atoms. The van der Waals surface area contributed by atoms with Gasteiger partial charge in [0.25, 0.3) is 0 Å². The van der Waals surface area contributed by atoms with E-state index in [-0.39, 0.29) is 50.2 Å². The molecule has 8 rings (SSSR count). The summed E-state index contributed by atoms with van der Waals surface area (Å²) in [7, 11) is 3.00. The number of hydrogen-bond acceptors (Lipinski definition) is 7. The number of benzene rings is 6. The topological polar surface area (TPSA) is 164 Å². The predicted octanol–water partition coefficient (Wildman–Crippen LogP) is 13.0. The summed E-state index contributed by atoms with van der Waals surface area (Å²) in [6.07, 6.45) is 0. The van der Waals surface area contributed by atoms with E-state index in [1.165, 1.54) is 0 Å². The predicted molar refractivity (Wildman–Crippen MR) is 288 cm³/mol. The van der Waals surface area contributed by atoms with Crippen molar-refractivity contribution in [1.29, 1.82) is 0 Å². The molecule has 9 nitrogen and oxygen atoms in total. The van der Waals surface area contributed by atoms with E-state index in [0.29, 0.717) is 22.8 Å². The van der Waals surface area contributed by atoms with Gasteiger partial charge in [0, 0.05) is 54.7 Å². The van der Waals surface area contributed by atoms with Crippen LogP contribution in [0.3, 0.4) is 0 Å². The maximum Gasteiger partial charge on any atom is 2.00 e. The van der Waals surface area contributed by atoms with Crippen molar-refractivity contribution in [2.45, 2.75) is 105 Å². The van der Waals surface area contributed by atoms with Crippen LogP contribution in [0.4, 0.5) is 0 Å². The molecule has 71 heavy (non-hydrogen) atoms. The van der Waals surface area contributed by atoms with Crippen LogP contribution >= 0.6 is 0 Å². The number of imidazole rings is 2. The minimum absolute atomic E-state index is 0. The Bertz CT molecular complexity index is 2550. The Kier molecular flexibility index (Phi) is 21.0. The van der Waals surface area contributed by atoms with Crippen LogP contribution in [0.1, 0.15) is 105 Å². The maximum absolute atomic E-state index is 13.6. The van der Waals surface area contributed by atoms with E-state index in [1.807, 2.05) is 84.9 Å². The molecule has 5 N–H and O–H groups in total. The molecule has 0 aliphatic heterocycles. The van der Waals surface area contributed by atoms with Gasteiger partial charge in [0.1, 0.15) is 11.6 Å². The van der Waals surface area contributed by atoms with E-state index < -0.39 is 0 Å². The molecule has 0 atom stereocenters. The molecule has 2 heterocycles. The van der Waals surface area contributed by atoms with Crippen molar-refractivity contribution < 1.29 is 42.6 Å². The van der Waals surface area contributed by atoms with Crippen molar-refractivity contribution in [3.63, 3.8) is 0 Å². The standard InChI is InChI=1S/2C29H32N2O.3CH4O.Cu/c2*1-28(2,3)21-17-22(26(32)23(18-21)29(4,5)6)27-30-24(19-13-9-7-10-14-19)25(31-27)20-15-11-8-12-16-20;3*1-2;/h2*7-18,32H,1-6H3,(H,30,31);3*2H,1H3;/q;;;;;+2/p-2. The van der Waals surface area contributed by atoms with Crippen LogP contribution in [-0.4, -0.2) is 56.6 Å². The molecule has 379 valence electrons. The van der Waals surface area contributed by atoms with Crippen LogP contribution in [0.15, 0.2) is 146 Å². The van der Waals surface area contributed by atoms with Crippen LogP contribution in [-0.2, 0) is 38.7 Å². The summed E-state index contributed by atoms with van der Waals surface area (Å²) in [6, 6.07) is 48.7. The molecule has 10 heteroatoms. The van der Waals surface area contributed by atoms with Crippen LogP contribution in [0.25, 0.3) is 67.8 Å². The van der Waals surface area contributed by atoms with Gasteiger partial charge in [-0.2, -0.15) is 0 Å². The minimum Gasteiger partial charge on any atom is -0.872 e. The number of nitrogens with one attached hydrogen (secondary N) is 2. The summed E-state index contributed by atoms with van der Waals surface area (Å²) in [5.74, 6) is 1.31. The molecule has 0 saturated heterocycles. The SMILES string of the molecule is CC(C)(C)c1cc(-c2nc(-c3ccccc3)c(-c3ccccc3)[nH]2)c([O-])c(C(C)(C)C)c1.CC(C)(C)c1cc(-c2nc(-c3ccccc3)c(-c3ccccc3)[nH]2)c([O-])c(C(C)(C)C)c1.CO.CO.CO.[Cu+2]. The molecule has 0 fully saturated rings. The molecule has 0 saturated carbocycles. The zero-order valence-corrected chi connectivity index (χ0v) is 45.2. The minimum atomic E-state index is -0.260. The first-order valence-electron chi connectivity index (χ1n) is 23.6. The molecular formula is C61H74CuN4O5. The molecular weight excluding hydrogens is 932 g/mol. The number of aromatic nitrogens is 4. The van der Waals surface area contributed by atoms with E-state index in [0.717, 1.165) is 88.6 Å². The number of hydrogen-bond donors (Lipinski definition) is 5. The van der Waals surface area contributed by atoms with E-state index in [2.05, 4.69) is 154 Å². The third-order valence-corrected chi connectivity index (χ3v) is 11.7. The molecule has 8 aromatic rings. The monoisotopic (exact) mass is 1010 g/mol. The summed E-state index contributed by atoms with van der Waals surface area (Å²) in [5.41, 5.74) is 12.1. The fraction of sp³-hybridized carbons (Fsp3) is 0.311. The van der Waals surface area contributed by atoms with E-state index in [1.54, 1.807) is 0 Å². The van der Waals surface area contributed by atoms with E-state index in [9.17, 15) is 10.2 Å². The van der Waals surface area contributed by atoms with Crippen LogP contribution in [0.5, 0.6) is 11.5 Å². The van der Waals surface area contributed by atoms with Gasteiger partial charge in [-0.05, 0) is 56.0 Å². The largest absolute Gasteiger partial charge is 2.00 e. The Balaban J connectivity index is 0.000000335. The summed E-state index contributed by atoms with van der Waals surface area (Å²) in [5, 5.41) is 48.3. The van der Waals surface area contributed by atoms with Crippen molar-refractivity contribution in [3.8, 4) is 79.3 Å². The Labute approximate surface area is 433 Å². The molecule has 0 amide bonds. The van der Waals surface area contributed by atoms with Gasteiger partial charge in [-0.25, -0.2) is 9.97 Å². The van der Waals surface area contributed by atoms with Gasteiger partial charge in [0.05, 0.1) is 22.8 Å². The summed E-state index contributed by atoms with van der Waals surface area (Å²) in [4.78, 5) is 17.0. The Hall–Kier alpha value is -6.26. The fourth-order valence-electron chi connectivity index (χ4n) is 7.83. The van der Waals surface area contributed by atoms with Crippen molar-refractivity contribution in [2.24, 2.45) is 0 Å². The number of rotatable bonds is 6. The van der Waals surface area contributed by atoms with Gasteiger partial charge < -0.3 is 35.5 Å². The van der Waals surface area contributed by atoms with Gasteiger partial charge in [-0.3, -0.25) is 0 Å². The third-order valence-electron chi connectivity index (χ3n) is 11.7. The van der Waals surface area contributed by atoms with Gasteiger partial charge in [0.2, 0.25) is 0 Å². The van der Waals surface area contributed by atoms with Crippen LogP contribution in [0, 0.1) is 0 Å². The number of H-pyrrole nitrogens is 2. The zero-order chi connectivity index (χ0) is 52.2. The summed E-state index contributed by atoms with van der Waals surface area (Å²) in [6.45, 7) is 25.6. The summed E-state index contributed by atoms with van der Waals surface area (Å²) < 4.78 is 0. The average molecular weight is 1010 g/mol. The molecule has 0 bridgehead atoms.